The van der Waals surface area contributed by atoms with Crippen molar-refractivity contribution >= 4 is 0 Å². The number of ether oxygens (including phenoxy) is 1. The molecule has 22 heavy (non-hydrogen) atoms. The summed E-state index contributed by atoms with van der Waals surface area (Å²) in [6, 6.07) is 10.4. The molecule has 0 amide bonds. The lowest BCUT2D eigenvalue weighted by atomic mass is 10.0. The molecule has 1 aromatic rings. The van der Waals surface area contributed by atoms with Crippen LogP contribution in [0.3, 0.4) is 0 Å². The molecule has 0 unspecified atom stereocenters. The van der Waals surface area contributed by atoms with Crippen LogP contribution in [0.4, 0.5) is 0 Å². The number of aliphatic hydroxyl groups is 1. The highest BCUT2D eigenvalue weighted by Gasteiger charge is 2.18. The van der Waals surface area contributed by atoms with Gasteiger partial charge in [-0.05, 0) is 12.1 Å². The summed E-state index contributed by atoms with van der Waals surface area (Å²) in [5.74, 6) is 0.362. The second-order valence-electron chi connectivity index (χ2n) is 6.24. The molecule has 4 heteroatoms. The van der Waals surface area contributed by atoms with Gasteiger partial charge in [0.15, 0.2) is 0 Å². The van der Waals surface area contributed by atoms with Gasteiger partial charge in [0.1, 0.15) is 0 Å². The normalized spacial score (nSPS) is 20.0. The summed E-state index contributed by atoms with van der Waals surface area (Å²) < 4.78 is 5.71. The van der Waals surface area contributed by atoms with E-state index >= 15 is 0 Å². The Balaban J connectivity index is 1.61. The van der Waals surface area contributed by atoms with Crippen molar-refractivity contribution in [3.63, 3.8) is 0 Å². The highest BCUT2D eigenvalue weighted by molar-refractivity contribution is 5.18. The van der Waals surface area contributed by atoms with Crippen molar-refractivity contribution < 1.29 is 9.84 Å². The quantitative estimate of drug-likeness (QED) is 0.794. The first-order valence-electron chi connectivity index (χ1n) is 8.44. The molecule has 0 spiro atoms. The number of likely N-dealkylation sites (N-methyl/N-ethyl adjacent to an activating group) is 1. The summed E-state index contributed by atoms with van der Waals surface area (Å²) in [4.78, 5) is 4.78. The van der Waals surface area contributed by atoms with Crippen LogP contribution in [0, 0.1) is 0 Å². The standard InChI is InChI=1S/C18H30N2O2/c1-3-19-9-11-20(12-10-19)13-18(21)15-22-14-16(2)17-7-5-4-6-8-17/h4-8,16,18,21H,3,9-15H2,1-2H3/t16-,18+/m1/s1. The van der Waals surface area contributed by atoms with Gasteiger partial charge in [0.05, 0.1) is 19.3 Å². The molecule has 1 fully saturated rings. The van der Waals surface area contributed by atoms with Crippen LogP contribution in [0.2, 0.25) is 0 Å². The van der Waals surface area contributed by atoms with Gasteiger partial charge < -0.3 is 14.7 Å². The smallest absolute Gasteiger partial charge is 0.0900 e. The molecule has 0 saturated carbocycles. The number of hydrogen-bond acceptors (Lipinski definition) is 4. The van der Waals surface area contributed by atoms with Crippen molar-refractivity contribution in [2.24, 2.45) is 0 Å². The molecule has 124 valence electrons. The molecule has 1 aliphatic rings. The van der Waals surface area contributed by atoms with Crippen LogP contribution in [-0.2, 0) is 4.74 Å². The largest absolute Gasteiger partial charge is 0.389 e. The summed E-state index contributed by atoms with van der Waals surface area (Å²) in [7, 11) is 0. The van der Waals surface area contributed by atoms with Gasteiger partial charge in [-0.2, -0.15) is 0 Å². The van der Waals surface area contributed by atoms with E-state index in [0.717, 1.165) is 39.3 Å². The molecule has 1 saturated heterocycles. The molecule has 0 aromatic heterocycles. The average molecular weight is 306 g/mol. The summed E-state index contributed by atoms with van der Waals surface area (Å²) in [6.45, 7) is 11.6. The third-order valence-corrected chi connectivity index (χ3v) is 4.43. The number of aliphatic hydroxyl groups excluding tert-OH is 1. The predicted octanol–water partition coefficient (Wildman–Crippen LogP) is 1.81. The zero-order valence-corrected chi connectivity index (χ0v) is 13.9. The summed E-state index contributed by atoms with van der Waals surface area (Å²) in [5, 5.41) is 10.1. The molecule has 0 radical (unpaired) electrons. The molecule has 1 heterocycles. The van der Waals surface area contributed by atoms with Gasteiger partial charge in [-0.25, -0.2) is 0 Å². The van der Waals surface area contributed by atoms with Crippen molar-refractivity contribution in [1.29, 1.82) is 0 Å². The van der Waals surface area contributed by atoms with Crippen molar-refractivity contribution in [1.82, 2.24) is 9.80 Å². The summed E-state index contributed by atoms with van der Waals surface area (Å²) in [6.07, 6.45) is -0.392. The minimum absolute atomic E-state index is 0.362. The maximum Gasteiger partial charge on any atom is 0.0900 e. The molecule has 0 bridgehead atoms. The van der Waals surface area contributed by atoms with E-state index in [9.17, 15) is 5.11 Å². The topological polar surface area (TPSA) is 35.9 Å². The number of piperazine rings is 1. The Labute approximate surface area is 134 Å². The lowest BCUT2D eigenvalue weighted by Gasteiger charge is -2.34. The van der Waals surface area contributed by atoms with E-state index in [1.54, 1.807) is 0 Å². The maximum atomic E-state index is 10.1. The third-order valence-electron chi connectivity index (χ3n) is 4.43. The van der Waals surface area contributed by atoms with E-state index in [4.69, 9.17) is 4.74 Å². The van der Waals surface area contributed by atoms with E-state index in [1.165, 1.54) is 5.56 Å². The lowest BCUT2D eigenvalue weighted by Crippen LogP contribution is -2.48. The van der Waals surface area contributed by atoms with Gasteiger partial charge in [0.25, 0.3) is 0 Å². The Hall–Kier alpha value is -0.940. The van der Waals surface area contributed by atoms with E-state index in [0.29, 0.717) is 19.1 Å². The Bertz CT molecular complexity index is 405. The molecule has 0 aliphatic carbocycles. The van der Waals surface area contributed by atoms with E-state index in [1.807, 2.05) is 6.07 Å². The summed E-state index contributed by atoms with van der Waals surface area (Å²) in [5.41, 5.74) is 1.28. The Morgan fingerprint density at radius 3 is 2.32 bits per heavy atom. The third kappa shape index (κ3) is 5.69. The van der Waals surface area contributed by atoms with Crippen LogP contribution in [0.5, 0.6) is 0 Å². The van der Waals surface area contributed by atoms with E-state index in [-0.39, 0.29) is 0 Å². The van der Waals surface area contributed by atoms with Gasteiger partial charge >= 0.3 is 0 Å². The van der Waals surface area contributed by atoms with Crippen LogP contribution in [0.25, 0.3) is 0 Å². The fraction of sp³-hybridized carbons (Fsp3) is 0.667. The van der Waals surface area contributed by atoms with Crippen LogP contribution < -0.4 is 0 Å². The molecule has 2 rings (SSSR count). The SMILES string of the molecule is CCN1CCN(C[C@H](O)COC[C@@H](C)c2ccccc2)CC1. The number of nitrogens with zero attached hydrogens (tertiary/aromatic N) is 2. The zero-order chi connectivity index (χ0) is 15.8. The monoisotopic (exact) mass is 306 g/mol. The Morgan fingerprint density at radius 2 is 1.68 bits per heavy atom. The fourth-order valence-corrected chi connectivity index (χ4v) is 2.90. The second-order valence-corrected chi connectivity index (χ2v) is 6.24. The van der Waals surface area contributed by atoms with Gasteiger partial charge in [0, 0.05) is 38.6 Å². The van der Waals surface area contributed by atoms with E-state index in [2.05, 4.69) is 47.9 Å². The minimum atomic E-state index is -0.392. The van der Waals surface area contributed by atoms with Crippen molar-refractivity contribution in [2.45, 2.75) is 25.9 Å². The maximum absolute atomic E-state index is 10.1. The molecule has 1 aromatic carbocycles. The van der Waals surface area contributed by atoms with E-state index < -0.39 is 6.10 Å². The molecule has 1 aliphatic heterocycles. The van der Waals surface area contributed by atoms with Crippen molar-refractivity contribution in [2.75, 3.05) is 52.5 Å². The fourth-order valence-electron chi connectivity index (χ4n) is 2.90. The lowest BCUT2D eigenvalue weighted by molar-refractivity contribution is 0.00458. The number of β-amino-alcohol motifs (C(OH)–C–C–N with tert-alkyl or cyclic N) is 1. The van der Waals surface area contributed by atoms with Gasteiger partial charge in [-0.3, -0.25) is 4.90 Å². The predicted molar refractivity (Wildman–Crippen MR) is 90.2 cm³/mol. The van der Waals surface area contributed by atoms with Crippen molar-refractivity contribution in [3.8, 4) is 0 Å². The number of rotatable bonds is 8. The zero-order valence-electron chi connectivity index (χ0n) is 13.9. The van der Waals surface area contributed by atoms with Gasteiger partial charge in [-0.15, -0.1) is 0 Å². The van der Waals surface area contributed by atoms with Gasteiger partial charge in [0.2, 0.25) is 0 Å². The molecule has 1 N–H and O–H groups in total. The first-order valence-corrected chi connectivity index (χ1v) is 8.44. The summed E-state index contributed by atoms with van der Waals surface area (Å²) >= 11 is 0. The van der Waals surface area contributed by atoms with Crippen LogP contribution in [0.1, 0.15) is 25.3 Å². The average Bonchev–Trinajstić information content (AvgIpc) is 2.56. The number of benzene rings is 1. The van der Waals surface area contributed by atoms with Crippen molar-refractivity contribution in [3.05, 3.63) is 35.9 Å². The second kappa shape index (κ2) is 9.26. The first-order chi connectivity index (χ1) is 10.7. The first kappa shape index (κ1) is 17.4. The Kier molecular flexibility index (Phi) is 7.33. The minimum Gasteiger partial charge on any atom is -0.389 e. The van der Waals surface area contributed by atoms with Gasteiger partial charge in [-0.1, -0.05) is 44.2 Å². The molecule has 4 nitrogen and oxygen atoms in total. The highest BCUT2D eigenvalue weighted by Crippen LogP contribution is 2.14. The van der Waals surface area contributed by atoms with Crippen LogP contribution in [-0.4, -0.2) is 73.5 Å². The van der Waals surface area contributed by atoms with Crippen LogP contribution >= 0.6 is 0 Å². The number of hydrogen-bond donors (Lipinski definition) is 1. The molecule has 2 atom stereocenters. The molecular weight excluding hydrogens is 276 g/mol. The Morgan fingerprint density at radius 1 is 1.05 bits per heavy atom. The highest BCUT2D eigenvalue weighted by atomic mass is 16.5. The van der Waals surface area contributed by atoms with Crippen LogP contribution in [0.15, 0.2) is 30.3 Å². The molecular formula is C18H30N2O2.